The summed E-state index contributed by atoms with van der Waals surface area (Å²) in [4.78, 5) is 0. The minimum atomic E-state index is -3.54. The summed E-state index contributed by atoms with van der Waals surface area (Å²) in [6.45, 7) is 4.26. The maximum Gasteiger partial charge on any atom is 0.282 e. The molecule has 1 aromatic heterocycles. The predicted octanol–water partition coefficient (Wildman–Crippen LogP) is 0.763. The molecular weight excluding hydrogens is 354 g/mol. The first-order valence-electron chi connectivity index (χ1n) is 8.83. The lowest BCUT2D eigenvalue weighted by Crippen LogP contribution is -2.51. The van der Waals surface area contributed by atoms with E-state index in [4.69, 9.17) is 4.74 Å². The molecule has 2 aromatic rings. The molecule has 2 aliphatic rings. The largest absolute Gasteiger partial charge is 0.379 e. The van der Waals surface area contributed by atoms with Gasteiger partial charge in [-0.25, -0.2) is 0 Å². The molecule has 0 saturated carbocycles. The SMILES string of the molecule is Cc1nnc2n1[C@H](Cc1ccccc1)CN(S(=O)(=O)N1CCOCC1)C2. The standard InChI is InChI=1S/C17H23N5O3S/c1-14-18-19-17-13-21(26(23,24)20-7-9-25-10-8-20)12-16(22(14)17)11-15-5-3-2-4-6-15/h2-6,16H,7-13H2,1H3/t16-/m1/s1. The first-order chi connectivity index (χ1) is 12.6. The van der Waals surface area contributed by atoms with Crippen molar-refractivity contribution in [2.24, 2.45) is 0 Å². The summed E-state index contributed by atoms with van der Waals surface area (Å²) in [5.41, 5.74) is 1.17. The Balaban J connectivity index is 1.63. The number of aromatic nitrogens is 3. The molecule has 0 radical (unpaired) electrons. The molecule has 0 N–H and O–H groups in total. The van der Waals surface area contributed by atoms with Crippen LogP contribution in [0.5, 0.6) is 0 Å². The van der Waals surface area contributed by atoms with Gasteiger partial charge in [0.15, 0.2) is 0 Å². The van der Waals surface area contributed by atoms with Gasteiger partial charge in [-0.3, -0.25) is 0 Å². The van der Waals surface area contributed by atoms with Crippen molar-refractivity contribution in [3.63, 3.8) is 0 Å². The van der Waals surface area contributed by atoms with E-state index >= 15 is 0 Å². The van der Waals surface area contributed by atoms with Crippen LogP contribution in [0.25, 0.3) is 0 Å². The Labute approximate surface area is 153 Å². The maximum atomic E-state index is 13.1. The fourth-order valence-electron chi connectivity index (χ4n) is 3.69. The molecule has 8 nitrogen and oxygen atoms in total. The summed E-state index contributed by atoms with van der Waals surface area (Å²) >= 11 is 0. The van der Waals surface area contributed by atoms with Gasteiger partial charge >= 0.3 is 0 Å². The number of ether oxygens (including phenoxy) is 1. The topological polar surface area (TPSA) is 80.6 Å². The Kier molecular flexibility index (Phi) is 4.78. The van der Waals surface area contributed by atoms with Gasteiger partial charge in [0.1, 0.15) is 11.6 Å². The lowest BCUT2D eigenvalue weighted by molar-refractivity contribution is 0.0691. The van der Waals surface area contributed by atoms with E-state index in [1.807, 2.05) is 25.1 Å². The summed E-state index contributed by atoms with van der Waals surface area (Å²) in [5, 5.41) is 8.40. The van der Waals surface area contributed by atoms with Gasteiger partial charge in [-0.05, 0) is 18.9 Å². The number of fused-ring (bicyclic) bond motifs is 1. The first-order valence-corrected chi connectivity index (χ1v) is 10.2. The zero-order chi connectivity index (χ0) is 18.1. The normalized spacial score (nSPS) is 22.3. The van der Waals surface area contributed by atoms with Crippen molar-refractivity contribution in [3.8, 4) is 0 Å². The second kappa shape index (κ2) is 7.07. The average Bonchev–Trinajstić information content (AvgIpc) is 3.04. The molecule has 0 spiro atoms. The minimum Gasteiger partial charge on any atom is -0.379 e. The molecule has 3 heterocycles. The van der Waals surface area contributed by atoms with E-state index in [2.05, 4.69) is 26.9 Å². The third-order valence-electron chi connectivity index (χ3n) is 4.97. The van der Waals surface area contributed by atoms with Gasteiger partial charge in [0.05, 0.1) is 25.8 Å². The number of hydrogen-bond acceptors (Lipinski definition) is 5. The highest BCUT2D eigenvalue weighted by molar-refractivity contribution is 7.86. The number of rotatable bonds is 4. The molecule has 2 aliphatic heterocycles. The van der Waals surface area contributed by atoms with E-state index < -0.39 is 10.2 Å². The number of benzene rings is 1. The van der Waals surface area contributed by atoms with Crippen molar-refractivity contribution in [2.75, 3.05) is 32.8 Å². The van der Waals surface area contributed by atoms with Crippen molar-refractivity contribution < 1.29 is 13.2 Å². The van der Waals surface area contributed by atoms with Crippen molar-refractivity contribution >= 4 is 10.2 Å². The van der Waals surface area contributed by atoms with Gasteiger partial charge in [-0.1, -0.05) is 30.3 Å². The highest BCUT2D eigenvalue weighted by atomic mass is 32.2. The monoisotopic (exact) mass is 377 g/mol. The summed E-state index contributed by atoms with van der Waals surface area (Å²) in [7, 11) is -3.54. The van der Waals surface area contributed by atoms with E-state index in [0.29, 0.717) is 38.7 Å². The molecule has 4 rings (SSSR count). The third kappa shape index (κ3) is 3.27. The zero-order valence-electron chi connectivity index (χ0n) is 14.8. The quantitative estimate of drug-likeness (QED) is 0.786. The van der Waals surface area contributed by atoms with Gasteiger partial charge in [-0.15, -0.1) is 10.2 Å². The average molecular weight is 377 g/mol. The van der Waals surface area contributed by atoms with Crippen molar-refractivity contribution in [3.05, 3.63) is 47.5 Å². The second-order valence-corrected chi connectivity index (χ2v) is 8.62. The zero-order valence-corrected chi connectivity index (χ0v) is 15.6. The fourth-order valence-corrected chi connectivity index (χ4v) is 5.27. The van der Waals surface area contributed by atoms with Gasteiger partial charge < -0.3 is 9.30 Å². The van der Waals surface area contributed by atoms with Crippen molar-refractivity contribution in [1.29, 1.82) is 0 Å². The van der Waals surface area contributed by atoms with Gasteiger partial charge in [0.25, 0.3) is 10.2 Å². The molecule has 0 amide bonds. The lowest BCUT2D eigenvalue weighted by Gasteiger charge is -2.37. The molecule has 0 aliphatic carbocycles. The van der Waals surface area contributed by atoms with Crippen LogP contribution in [0.1, 0.15) is 23.3 Å². The molecule has 26 heavy (non-hydrogen) atoms. The number of hydrogen-bond donors (Lipinski definition) is 0. The Morgan fingerprint density at radius 1 is 1.12 bits per heavy atom. The predicted molar refractivity (Wildman–Crippen MR) is 95.7 cm³/mol. The molecular formula is C17H23N5O3S. The van der Waals surface area contributed by atoms with Crippen LogP contribution in [-0.2, 0) is 27.9 Å². The molecule has 0 bridgehead atoms. The van der Waals surface area contributed by atoms with E-state index in [-0.39, 0.29) is 12.6 Å². The summed E-state index contributed by atoms with van der Waals surface area (Å²) in [6.07, 6.45) is 0.738. The fraction of sp³-hybridized carbons (Fsp3) is 0.529. The number of morpholine rings is 1. The lowest BCUT2D eigenvalue weighted by atomic mass is 10.0. The van der Waals surface area contributed by atoms with Gasteiger partial charge in [0, 0.05) is 19.6 Å². The van der Waals surface area contributed by atoms with E-state index in [1.165, 1.54) is 14.2 Å². The molecule has 1 fully saturated rings. The molecule has 1 saturated heterocycles. The highest BCUT2D eigenvalue weighted by Gasteiger charge is 2.38. The van der Waals surface area contributed by atoms with Crippen LogP contribution in [0.2, 0.25) is 0 Å². The first kappa shape index (κ1) is 17.6. The summed E-state index contributed by atoms with van der Waals surface area (Å²) < 4.78 is 36.6. The Bertz CT molecular complexity index is 862. The van der Waals surface area contributed by atoms with Gasteiger partial charge in [0.2, 0.25) is 0 Å². The van der Waals surface area contributed by atoms with Crippen LogP contribution in [0.15, 0.2) is 30.3 Å². The van der Waals surface area contributed by atoms with Crippen LogP contribution >= 0.6 is 0 Å². The third-order valence-corrected chi connectivity index (χ3v) is 6.92. The number of aryl methyl sites for hydroxylation is 1. The molecule has 9 heteroatoms. The summed E-state index contributed by atoms with van der Waals surface area (Å²) in [6, 6.07) is 10.1. The summed E-state index contributed by atoms with van der Waals surface area (Å²) in [5.74, 6) is 1.52. The van der Waals surface area contributed by atoms with Crippen molar-refractivity contribution in [1.82, 2.24) is 23.4 Å². The Morgan fingerprint density at radius 3 is 2.58 bits per heavy atom. The molecule has 140 valence electrons. The van der Waals surface area contributed by atoms with Gasteiger partial charge in [-0.2, -0.15) is 17.0 Å². The van der Waals surface area contributed by atoms with Crippen LogP contribution in [0.4, 0.5) is 0 Å². The van der Waals surface area contributed by atoms with Crippen molar-refractivity contribution in [2.45, 2.75) is 25.9 Å². The van der Waals surface area contributed by atoms with Crippen LogP contribution < -0.4 is 0 Å². The smallest absolute Gasteiger partial charge is 0.282 e. The van der Waals surface area contributed by atoms with E-state index in [9.17, 15) is 8.42 Å². The number of nitrogens with zero attached hydrogens (tertiary/aromatic N) is 5. The van der Waals surface area contributed by atoms with E-state index in [0.717, 1.165) is 12.2 Å². The molecule has 1 aromatic carbocycles. The Morgan fingerprint density at radius 2 is 1.85 bits per heavy atom. The molecule has 0 unspecified atom stereocenters. The van der Waals surface area contributed by atoms with Crippen LogP contribution in [0.3, 0.4) is 0 Å². The second-order valence-electron chi connectivity index (χ2n) is 6.69. The minimum absolute atomic E-state index is 0.0213. The Hall–Kier alpha value is -1.81. The van der Waals surface area contributed by atoms with Crippen LogP contribution in [0, 0.1) is 6.92 Å². The van der Waals surface area contributed by atoms with E-state index in [1.54, 1.807) is 0 Å². The van der Waals surface area contributed by atoms with Crippen LogP contribution in [-0.4, -0.2) is 64.6 Å². The highest BCUT2D eigenvalue weighted by Crippen LogP contribution is 2.28. The maximum absolute atomic E-state index is 13.1. The molecule has 1 atom stereocenters.